The Morgan fingerprint density at radius 1 is 1.12 bits per heavy atom. The van der Waals surface area contributed by atoms with Gasteiger partial charge in [0.05, 0.1) is 18.7 Å². The van der Waals surface area contributed by atoms with Crippen LogP contribution in [0.25, 0.3) is 0 Å². The molecule has 0 saturated carbocycles. The Bertz CT molecular complexity index is 304. The van der Waals surface area contributed by atoms with Gasteiger partial charge in [-0.25, -0.2) is 0 Å². The van der Waals surface area contributed by atoms with Crippen LogP contribution in [0.5, 0.6) is 0 Å². The zero-order valence-corrected chi connectivity index (χ0v) is 10.4. The third-order valence-corrected chi connectivity index (χ3v) is 3.81. The van der Waals surface area contributed by atoms with Crippen LogP contribution in [0.15, 0.2) is 0 Å². The van der Waals surface area contributed by atoms with E-state index >= 15 is 0 Å². The van der Waals surface area contributed by atoms with Gasteiger partial charge in [0.25, 0.3) is 0 Å². The first-order valence-corrected chi connectivity index (χ1v) is 6.72. The van der Waals surface area contributed by atoms with E-state index in [9.17, 15) is 4.79 Å². The predicted molar refractivity (Wildman–Crippen MR) is 65.3 cm³/mol. The molecule has 2 saturated heterocycles. The van der Waals surface area contributed by atoms with Gasteiger partial charge in [-0.05, 0) is 45.1 Å². The van der Waals surface area contributed by atoms with Crippen LogP contribution in [0, 0.1) is 11.3 Å². The van der Waals surface area contributed by atoms with Crippen molar-refractivity contribution in [3.05, 3.63) is 0 Å². The van der Waals surface area contributed by atoms with Crippen molar-refractivity contribution in [3.63, 3.8) is 0 Å². The number of likely N-dealkylation sites (tertiary alicyclic amines) is 2. The highest BCUT2D eigenvalue weighted by Crippen LogP contribution is 2.17. The molecule has 2 aliphatic heterocycles. The molecule has 0 aliphatic carbocycles. The van der Waals surface area contributed by atoms with E-state index in [1.54, 1.807) is 0 Å². The van der Waals surface area contributed by atoms with Gasteiger partial charge >= 0.3 is 0 Å². The van der Waals surface area contributed by atoms with E-state index in [0.717, 1.165) is 51.7 Å². The summed E-state index contributed by atoms with van der Waals surface area (Å²) in [6.45, 7) is 3.16. The number of hydrogen-bond acceptors (Lipinski definition) is 3. The Balaban J connectivity index is 1.86. The second kappa shape index (κ2) is 6.02. The Kier molecular flexibility index (Phi) is 4.38. The van der Waals surface area contributed by atoms with Gasteiger partial charge in [0.15, 0.2) is 0 Å². The summed E-state index contributed by atoms with van der Waals surface area (Å²) in [7, 11) is 0. The lowest BCUT2D eigenvalue weighted by atomic mass is 10.0. The monoisotopic (exact) mass is 235 g/mol. The van der Waals surface area contributed by atoms with E-state index < -0.39 is 0 Å². The molecular formula is C13H21N3O. The number of carbonyl (C=O) groups excluding carboxylic acids is 1. The maximum atomic E-state index is 12.1. The van der Waals surface area contributed by atoms with Gasteiger partial charge < -0.3 is 4.90 Å². The minimum absolute atomic E-state index is 0.0440. The molecule has 0 aromatic heterocycles. The fourth-order valence-corrected chi connectivity index (χ4v) is 2.74. The maximum absolute atomic E-state index is 12.1. The number of hydrogen-bond donors (Lipinski definition) is 0. The Morgan fingerprint density at radius 2 is 1.82 bits per heavy atom. The first-order chi connectivity index (χ1) is 8.31. The van der Waals surface area contributed by atoms with Crippen LogP contribution in [-0.2, 0) is 4.79 Å². The van der Waals surface area contributed by atoms with E-state index in [2.05, 4.69) is 11.0 Å². The molecule has 4 nitrogen and oxygen atoms in total. The minimum atomic E-state index is -0.0440. The van der Waals surface area contributed by atoms with Crippen LogP contribution in [0.4, 0.5) is 0 Å². The van der Waals surface area contributed by atoms with E-state index in [4.69, 9.17) is 5.26 Å². The van der Waals surface area contributed by atoms with Crippen molar-refractivity contribution in [2.45, 2.75) is 44.6 Å². The molecule has 2 rings (SSSR count). The normalized spacial score (nSPS) is 26.5. The van der Waals surface area contributed by atoms with Crippen LogP contribution in [0.3, 0.4) is 0 Å². The Morgan fingerprint density at radius 3 is 2.53 bits per heavy atom. The number of amides is 1. The van der Waals surface area contributed by atoms with Crippen molar-refractivity contribution in [3.8, 4) is 6.07 Å². The standard InChI is InChI=1S/C13H21N3O/c14-10-12-6-2-5-9-16(12)11-13(17)15-7-3-1-4-8-15/h12H,1-9,11H2. The zero-order chi connectivity index (χ0) is 12.1. The van der Waals surface area contributed by atoms with Gasteiger partial charge in [0.1, 0.15) is 0 Å². The number of rotatable bonds is 2. The molecule has 2 aliphatic rings. The fraction of sp³-hybridized carbons (Fsp3) is 0.846. The van der Waals surface area contributed by atoms with Gasteiger partial charge in [-0.1, -0.05) is 0 Å². The quantitative estimate of drug-likeness (QED) is 0.726. The average Bonchev–Trinajstić information content (AvgIpc) is 2.40. The van der Waals surface area contributed by atoms with Crippen molar-refractivity contribution in [1.29, 1.82) is 5.26 Å². The number of nitrogens with zero attached hydrogens (tertiary/aromatic N) is 3. The number of nitriles is 1. The van der Waals surface area contributed by atoms with E-state index in [-0.39, 0.29) is 11.9 Å². The molecule has 4 heteroatoms. The number of carbonyl (C=O) groups is 1. The predicted octanol–water partition coefficient (Wildman–Crippen LogP) is 1.38. The van der Waals surface area contributed by atoms with E-state index in [1.165, 1.54) is 6.42 Å². The molecule has 1 atom stereocenters. The lowest BCUT2D eigenvalue weighted by Crippen LogP contribution is -2.47. The molecule has 0 radical (unpaired) electrons. The molecule has 94 valence electrons. The van der Waals surface area contributed by atoms with Crippen molar-refractivity contribution in [1.82, 2.24) is 9.80 Å². The van der Waals surface area contributed by atoms with E-state index in [0.29, 0.717) is 6.54 Å². The summed E-state index contributed by atoms with van der Waals surface area (Å²) in [5.41, 5.74) is 0. The third kappa shape index (κ3) is 3.19. The summed E-state index contributed by atoms with van der Waals surface area (Å²) >= 11 is 0. The van der Waals surface area contributed by atoms with Crippen LogP contribution in [0.1, 0.15) is 38.5 Å². The van der Waals surface area contributed by atoms with Gasteiger partial charge in [-0.2, -0.15) is 5.26 Å². The highest BCUT2D eigenvalue weighted by molar-refractivity contribution is 5.78. The molecule has 0 aromatic carbocycles. The van der Waals surface area contributed by atoms with E-state index in [1.807, 2.05) is 4.90 Å². The van der Waals surface area contributed by atoms with Crippen LogP contribution in [-0.4, -0.2) is 47.9 Å². The smallest absolute Gasteiger partial charge is 0.236 e. The van der Waals surface area contributed by atoms with Crippen molar-refractivity contribution in [2.24, 2.45) is 0 Å². The molecular weight excluding hydrogens is 214 g/mol. The molecule has 0 spiro atoms. The molecule has 0 N–H and O–H groups in total. The van der Waals surface area contributed by atoms with Crippen molar-refractivity contribution >= 4 is 5.91 Å². The summed E-state index contributed by atoms with van der Waals surface area (Å²) in [5.74, 6) is 0.215. The first kappa shape index (κ1) is 12.4. The summed E-state index contributed by atoms with van der Waals surface area (Å²) in [6, 6.07) is 2.27. The Labute approximate surface area is 103 Å². The SMILES string of the molecule is N#CC1CCCCN1CC(=O)N1CCCCC1. The van der Waals surface area contributed by atoms with Crippen LogP contribution >= 0.6 is 0 Å². The molecule has 1 amide bonds. The zero-order valence-electron chi connectivity index (χ0n) is 10.4. The molecule has 0 bridgehead atoms. The molecule has 2 fully saturated rings. The highest BCUT2D eigenvalue weighted by atomic mass is 16.2. The minimum Gasteiger partial charge on any atom is -0.342 e. The summed E-state index contributed by atoms with van der Waals surface area (Å²) in [5, 5.41) is 9.07. The van der Waals surface area contributed by atoms with Gasteiger partial charge in [-0.15, -0.1) is 0 Å². The largest absolute Gasteiger partial charge is 0.342 e. The average molecular weight is 235 g/mol. The van der Waals surface area contributed by atoms with Crippen LogP contribution < -0.4 is 0 Å². The Hall–Kier alpha value is -1.08. The van der Waals surface area contributed by atoms with Gasteiger partial charge in [0, 0.05) is 13.1 Å². The highest BCUT2D eigenvalue weighted by Gasteiger charge is 2.26. The third-order valence-electron chi connectivity index (χ3n) is 3.81. The molecule has 0 aromatic rings. The van der Waals surface area contributed by atoms with Crippen molar-refractivity contribution in [2.75, 3.05) is 26.2 Å². The first-order valence-electron chi connectivity index (χ1n) is 6.72. The maximum Gasteiger partial charge on any atom is 0.236 e. The topological polar surface area (TPSA) is 47.3 Å². The summed E-state index contributed by atoms with van der Waals surface area (Å²) in [6.07, 6.45) is 6.66. The van der Waals surface area contributed by atoms with Gasteiger partial charge in [0.2, 0.25) is 5.91 Å². The number of piperidine rings is 2. The lowest BCUT2D eigenvalue weighted by molar-refractivity contribution is -0.133. The molecule has 2 heterocycles. The van der Waals surface area contributed by atoms with Crippen molar-refractivity contribution < 1.29 is 4.79 Å². The second-order valence-electron chi connectivity index (χ2n) is 5.05. The second-order valence-corrected chi connectivity index (χ2v) is 5.05. The molecule has 1 unspecified atom stereocenters. The van der Waals surface area contributed by atoms with Gasteiger partial charge in [-0.3, -0.25) is 9.69 Å². The van der Waals surface area contributed by atoms with Crippen LogP contribution in [0.2, 0.25) is 0 Å². The lowest BCUT2D eigenvalue weighted by Gasteiger charge is -2.34. The fourth-order valence-electron chi connectivity index (χ4n) is 2.74. The summed E-state index contributed by atoms with van der Waals surface area (Å²) < 4.78 is 0. The molecule has 17 heavy (non-hydrogen) atoms. The summed E-state index contributed by atoms with van der Waals surface area (Å²) in [4.78, 5) is 16.1.